The first-order chi connectivity index (χ1) is 30.5. The number of aryl methyl sites for hydroxylation is 2. The van der Waals surface area contributed by atoms with Gasteiger partial charge in [0.2, 0.25) is 0 Å². The van der Waals surface area contributed by atoms with E-state index >= 15 is 0 Å². The second-order valence-corrected chi connectivity index (χ2v) is 17.5. The second-order valence-electron chi connectivity index (χ2n) is 17.5. The molecule has 313 valence electrons. The number of benzene rings is 6. The van der Waals surface area contributed by atoms with E-state index in [1.54, 1.807) is 12.3 Å². The van der Waals surface area contributed by atoms with Gasteiger partial charge in [-0.3, -0.25) is 14.4 Å². The van der Waals surface area contributed by atoms with Gasteiger partial charge in [-0.2, -0.15) is 0 Å². The third kappa shape index (κ3) is 7.63. The molecule has 0 aliphatic heterocycles. The fraction of sp³-hybridized carbons (Fsp3) is 0.218. The Morgan fingerprint density at radius 1 is 0.758 bits per heavy atom. The molecule has 1 radical (unpaired) electrons. The van der Waals surface area contributed by atoms with Crippen LogP contribution in [0.5, 0.6) is 0 Å². The molecule has 4 heterocycles. The van der Waals surface area contributed by atoms with Crippen LogP contribution in [0.3, 0.4) is 0 Å². The van der Waals surface area contributed by atoms with Gasteiger partial charge >= 0.3 is 0 Å². The quantitative estimate of drug-likeness (QED) is 0.127. The molecular formula is C55H49FIrN4O-2. The van der Waals surface area contributed by atoms with Crippen molar-refractivity contribution in [2.45, 2.75) is 79.5 Å². The maximum Gasteiger partial charge on any atom is 0.121 e. The standard InChI is InChI=1S/C39H32N3O.C16H17FN.Ir/c1-22(2)27-12-8-13-28(23(3)4)37(27)42-34-21-40-20-24(5)36(34)41-39(42)31-15-9-14-30-33-18-26-17-16-25-10-6-7-11-29(25)32(26)19-35(33)43-38(30)31;1-11-5-7-13(14(17)9-11)15-8-6-12(10-18-15)16(2,3)4;/h6-14,16-23H,1-5H3;5-6,8-10H,1-4H3;/q2*-1;/i;1D3;. The molecule has 0 N–H and O–H groups in total. The van der Waals surface area contributed by atoms with E-state index < -0.39 is 12.7 Å². The molecule has 0 saturated carbocycles. The number of furan rings is 1. The third-order valence-electron chi connectivity index (χ3n) is 11.6. The van der Waals surface area contributed by atoms with Crippen molar-refractivity contribution in [2.75, 3.05) is 0 Å². The van der Waals surface area contributed by atoms with Crippen LogP contribution in [0.15, 0.2) is 126 Å². The molecule has 0 bridgehead atoms. The number of imidazole rings is 1. The van der Waals surface area contributed by atoms with Gasteiger partial charge in [0.25, 0.3) is 0 Å². The van der Waals surface area contributed by atoms with Crippen LogP contribution in [-0.2, 0) is 25.5 Å². The summed E-state index contributed by atoms with van der Waals surface area (Å²) >= 11 is 0. The minimum Gasteiger partial charge on any atom is -0.501 e. The molecule has 62 heavy (non-hydrogen) atoms. The maximum absolute atomic E-state index is 14.1. The Hall–Kier alpha value is -6.01. The zero-order valence-electron chi connectivity index (χ0n) is 39.1. The largest absolute Gasteiger partial charge is 0.501 e. The molecule has 0 atom stereocenters. The first kappa shape index (κ1) is 38.9. The fourth-order valence-electron chi connectivity index (χ4n) is 8.35. The van der Waals surface area contributed by atoms with Crippen LogP contribution in [-0.4, -0.2) is 19.5 Å². The first-order valence-corrected chi connectivity index (χ1v) is 20.8. The molecule has 5 nitrogen and oxygen atoms in total. The summed E-state index contributed by atoms with van der Waals surface area (Å²) in [6, 6.07) is 40.3. The smallest absolute Gasteiger partial charge is 0.121 e. The Kier molecular flexibility index (Phi) is 10.5. The van der Waals surface area contributed by atoms with Crippen LogP contribution in [0.2, 0.25) is 0 Å². The number of fused-ring (bicyclic) bond motifs is 7. The topological polar surface area (TPSA) is 56.7 Å². The number of nitrogens with zero attached hydrogens (tertiary/aromatic N) is 4. The van der Waals surface area contributed by atoms with Crippen LogP contribution in [0, 0.1) is 31.7 Å². The molecule has 0 aliphatic rings. The second kappa shape index (κ2) is 16.7. The zero-order valence-corrected chi connectivity index (χ0v) is 38.5. The van der Waals surface area contributed by atoms with E-state index in [1.165, 1.54) is 44.4 Å². The molecule has 7 heteroatoms. The molecule has 10 rings (SSSR count). The van der Waals surface area contributed by atoms with E-state index in [0.717, 1.165) is 61.6 Å². The van der Waals surface area contributed by atoms with E-state index in [1.807, 2.05) is 24.5 Å². The van der Waals surface area contributed by atoms with Crippen molar-refractivity contribution in [3.05, 3.63) is 167 Å². The molecular weight excluding hydrogens is 944 g/mol. The van der Waals surface area contributed by atoms with Gasteiger partial charge in [-0.05, 0) is 85.8 Å². The fourth-order valence-corrected chi connectivity index (χ4v) is 8.35. The van der Waals surface area contributed by atoms with E-state index in [9.17, 15) is 4.39 Å². The zero-order chi connectivity index (χ0) is 45.2. The summed E-state index contributed by atoms with van der Waals surface area (Å²) in [5, 5.41) is 7.00. The van der Waals surface area contributed by atoms with Gasteiger partial charge in [-0.1, -0.05) is 139 Å². The van der Waals surface area contributed by atoms with Gasteiger partial charge in [0.1, 0.15) is 5.58 Å². The number of rotatable bonds is 5. The first-order valence-electron chi connectivity index (χ1n) is 22.3. The molecule has 0 aliphatic carbocycles. The summed E-state index contributed by atoms with van der Waals surface area (Å²) in [6.45, 7) is 15.0. The van der Waals surface area contributed by atoms with Crippen LogP contribution in [0.25, 0.3) is 82.8 Å². The van der Waals surface area contributed by atoms with Crippen LogP contribution >= 0.6 is 0 Å². The Balaban J connectivity index is 0.000000222. The average molecular weight is 996 g/mol. The minimum atomic E-state index is -2.33. The van der Waals surface area contributed by atoms with Crippen molar-refractivity contribution in [3.63, 3.8) is 0 Å². The monoisotopic (exact) mass is 996 g/mol. The number of pyridine rings is 2. The molecule has 0 unspecified atom stereocenters. The summed E-state index contributed by atoms with van der Waals surface area (Å²) < 4.78 is 45.0. The van der Waals surface area contributed by atoms with Crippen molar-refractivity contribution in [3.8, 4) is 28.3 Å². The Morgan fingerprint density at radius 3 is 2.21 bits per heavy atom. The van der Waals surface area contributed by atoms with Crippen LogP contribution < -0.4 is 0 Å². The van der Waals surface area contributed by atoms with Crippen LogP contribution in [0.4, 0.5) is 4.39 Å². The summed E-state index contributed by atoms with van der Waals surface area (Å²) in [6.07, 6.45) is 5.54. The van der Waals surface area contributed by atoms with Crippen molar-refractivity contribution in [2.24, 2.45) is 0 Å². The Morgan fingerprint density at radius 2 is 1.52 bits per heavy atom. The van der Waals surface area contributed by atoms with E-state index in [-0.39, 0.29) is 36.6 Å². The van der Waals surface area contributed by atoms with Crippen LogP contribution in [0.1, 0.15) is 92.2 Å². The summed E-state index contributed by atoms with van der Waals surface area (Å²) in [5.41, 5.74) is 10.8. The SMILES string of the molecule is Cc1cncc2c1nc(-c1[c-]ccc3c1oc1cc4c(ccc5ccccc54)cc13)n2-c1c(C(C)C)cccc1C(C)C.[2H]C([2H])([2H])c1c[c-]c(-c2ccc(C(C)(C)C)cn2)c(F)c1.[Ir]. The van der Waals surface area contributed by atoms with Gasteiger partial charge in [0.05, 0.1) is 28.6 Å². The Bertz CT molecular complexity index is 3370. The number of hydrogen-bond acceptors (Lipinski definition) is 4. The molecule has 6 aromatic carbocycles. The van der Waals surface area contributed by atoms with E-state index in [4.69, 9.17) is 13.5 Å². The molecule has 0 amide bonds. The Labute approximate surface area is 380 Å². The summed E-state index contributed by atoms with van der Waals surface area (Å²) in [5.74, 6) is 0.843. The van der Waals surface area contributed by atoms with Gasteiger partial charge in [-0.15, -0.1) is 42.0 Å². The predicted molar refractivity (Wildman–Crippen MR) is 250 cm³/mol. The van der Waals surface area contributed by atoms with Gasteiger partial charge < -0.3 is 14.0 Å². The van der Waals surface area contributed by atoms with Crippen molar-refractivity contribution < 1.29 is 33.0 Å². The van der Waals surface area contributed by atoms with Crippen molar-refractivity contribution in [1.82, 2.24) is 19.5 Å². The van der Waals surface area contributed by atoms with Gasteiger partial charge in [0, 0.05) is 53.5 Å². The molecule has 0 fully saturated rings. The number of para-hydroxylation sites is 1. The number of aromatic nitrogens is 4. The van der Waals surface area contributed by atoms with Gasteiger partial charge in [-0.25, -0.2) is 0 Å². The van der Waals surface area contributed by atoms with Crippen molar-refractivity contribution in [1.29, 1.82) is 0 Å². The molecule has 10 aromatic rings. The van der Waals surface area contributed by atoms with E-state index in [2.05, 4.69) is 155 Å². The van der Waals surface area contributed by atoms with E-state index in [0.29, 0.717) is 17.5 Å². The summed E-state index contributed by atoms with van der Waals surface area (Å²) in [4.78, 5) is 14.2. The number of halogens is 1. The molecule has 4 aromatic heterocycles. The normalized spacial score (nSPS) is 12.8. The maximum atomic E-state index is 14.1. The molecule has 0 saturated heterocycles. The summed E-state index contributed by atoms with van der Waals surface area (Å²) in [7, 11) is 0. The third-order valence-corrected chi connectivity index (χ3v) is 11.6. The molecule has 0 spiro atoms. The minimum absolute atomic E-state index is 0. The average Bonchev–Trinajstić information content (AvgIpc) is 3.84. The van der Waals surface area contributed by atoms with Crippen molar-refractivity contribution >= 4 is 54.5 Å². The predicted octanol–water partition coefficient (Wildman–Crippen LogP) is 14.9. The van der Waals surface area contributed by atoms with Gasteiger partial charge in [0.15, 0.2) is 0 Å². The number of hydrogen-bond donors (Lipinski definition) is 0.